The number of aromatic nitrogens is 2. The molecule has 0 spiro atoms. The Morgan fingerprint density at radius 2 is 2.11 bits per heavy atom. The second-order valence-electron chi connectivity index (χ2n) is 5.72. The first-order valence-corrected chi connectivity index (χ1v) is 9.10. The summed E-state index contributed by atoms with van der Waals surface area (Å²) in [6.45, 7) is 1.74. The SMILES string of the molecule is COc1cccc(-c2nnc(SCC(=O)Nc3ccc(C)cc3[N+](=O)[O-])o2)c1. The van der Waals surface area contributed by atoms with Crippen LogP contribution in [-0.4, -0.2) is 33.9 Å². The summed E-state index contributed by atoms with van der Waals surface area (Å²) in [6, 6.07) is 11.7. The molecule has 3 aromatic rings. The second kappa shape index (κ2) is 8.53. The fourth-order valence-corrected chi connectivity index (χ4v) is 2.92. The number of amides is 1. The molecule has 0 saturated carbocycles. The highest BCUT2D eigenvalue weighted by molar-refractivity contribution is 7.99. The number of carbonyl (C=O) groups excluding carboxylic acids is 1. The Hall–Kier alpha value is -3.40. The van der Waals surface area contributed by atoms with E-state index >= 15 is 0 Å². The van der Waals surface area contributed by atoms with Crippen LogP contribution in [0.2, 0.25) is 0 Å². The van der Waals surface area contributed by atoms with Gasteiger partial charge in [0.1, 0.15) is 11.4 Å². The van der Waals surface area contributed by atoms with Gasteiger partial charge in [0.15, 0.2) is 0 Å². The smallest absolute Gasteiger partial charge is 0.293 e. The van der Waals surface area contributed by atoms with Gasteiger partial charge >= 0.3 is 0 Å². The highest BCUT2D eigenvalue weighted by Crippen LogP contribution is 2.27. The number of carbonyl (C=O) groups is 1. The zero-order chi connectivity index (χ0) is 20.1. The van der Waals surface area contributed by atoms with Crippen LogP contribution >= 0.6 is 11.8 Å². The molecule has 28 heavy (non-hydrogen) atoms. The summed E-state index contributed by atoms with van der Waals surface area (Å²) in [6.07, 6.45) is 0. The number of nitro benzene ring substituents is 1. The Morgan fingerprint density at radius 3 is 2.86 bits per heavy atom. The molecular weight excluding hydrogens is 384 g/mol. The van der Waals surface area contributed by atoms with Crippen LogP contribution in [0.4, 0.5) is 11.4 Å². The minimum Gasteiger partial charge on any atom is -0.497 e. The number of methoxy groups -OCH3 is 1. The van der Waals surface area contributed by atoms with E-state index in [1.54, 1.807) is 44.4 Å². The van der Waals surface area contributed by atoms with Crippen molar-refractivity contribution in [3.05, 3.63) is 58.1 Å². The van der Waals surface area contributed by atoms with Crippen molar-refractivity contribution in [3.8, 4) is 17.2 Å². The molecule has 0 atom stereocenters. The lowest BCUT2D eigenvalue weighted by Crippen LogP contribution is -2.15. The van der Waals surface area contributed by atoms with Crippen molar-refractivity contribution in [1.29, 1.82) is 0 Å². The van der Waals surface area contributed by atoms with Crippen LogP contribution in [0.25, 0.3) is 11.5 Å². The van der Waals surface area contributed by atoms with E-state index in [4.69, 9.17) is 9.15 Å². The molecule has 0 unspecified atom stereocenters. The molecule has 10 heteroatoms. The Kier molecular flexibility index (Phi) is 5.90. The monoisotopic (exact) mass is 400 g/mol. The maximum Gasteiger partial charge on any atom is 0.293 e. The number of thioether (sulfide) groups is 1. The van der Waals surface area contributed by atoms with Crippen molar-refractivity contribution in [2.75, 3.05) is 18.2 Å². The predicted molar refractivity (Wildman–Crippen MR) is 103 cm³/mol. The van der Waals surface area contributed by atoms with Crippen LogP contribution in [-0.2, 0) is 4.79 Å². The van der Waals surface area contributed by atoms with E-state index < -0.39 is 10.8 Å². The number of nitro groups is 1. The summed E-state index contributed by atoms with van der Waals surface area (Å²) in [5.74, 6) is 0.503. The summed E-state index contributed by atoms with van der Waals surface area (Å²) in [5, 5.41) is 21.7. The predicted octanol–water partition coefficient (Wildman–Crippen LogP) is 3.69. The standard InChI is InChI=1S/C18H16N4O5S/c1-11-6-7-14(15(8-11)22(24)25)19-16(23)10-28-18-21-20-17(27-18)12-4-3-5-13(9-12)26-2/h3-9H,10H2,1-2H3,(H,19,23). The van der Waals surface area contributed by atoms with Gasteiger partial charge in [0.05, 0.1) is 17.8 Å². The van der Waals surface area contributed by atoms with Crippen molar-refractivity contribution in [2.24, 2.45) is 0 Å². The number of rotatable bonds is 7. The van der Waals surface area contributed by atoms with E-state index in [0.29, 0.717) is 17.2 Å². The van der Waals surface area contributed by atoms with E-state index in [2.05, 4.69) is 15.5 Å². The van der Waals surface area contributed by atoms with Crippen LogP contribution in [0.15, 0.2) is 52.1 Å². The molecule has 1 aromatic heterocycles. The number of aryl methyl sites for hydroxylation is 1. The Labute approximate surface area is 164 Å². The summed E-state index contributed by atoms with van der Waals surface area (Å²) in [4.78, 5) is 22.7. The maximum atomic E-state index is 12.1. The maximum absolute atomic E-state index is 12.1. The first-order chi connectivity index (χ1) is 13.5. The van der Waals surface area contributed by atoms with E-state index in [9.17, 15) is 14.9 Å². The third kappa shape index (κ3) is 4.65. The van der Waals surface area contributed by atoms with Gasteiger partial charge in [-0.1, -0.05) is 23.9 Å². The lowest BCUT2D eigenvalue weighted by Gasteiger charge is -2.05. The van der Waals surface area contributed by atoms with Crippen LogP contribution < -0.4 is 10.1 Å². The number of hydrogen-bond donors (Lipinski definition) is 1. The van der Waals surface area contributed by atoms with Gasteiger partial charge in [0.25, 0.3) is 10.9 Å². The number of ether oxygens (including phenoxy) is 1. The van der Waals surface area contributed by atoms with Crippen molar-refractivity contribution in [1.82, 2.24) is 10.2 Å². The normalized spacial score (nSPS) is 10.5. The van der Waals surface area contributed by atoms with Gasteiger partial charge < -0.3 is 14.5 Å². The number of nitrogens with zero attached hydrogens (tertiary/aromatic N) is 3. The quantitative estimate of drug-likeness (QED) is 0.362. The third-order valence-electron chi connectivity index (χ3n) is 3.67. The minimum absolute atomic E-state index is 0.0369. The fourth-order valence-electron chi connectivity index (χ4n) is 2.35. The molecule has 0 saturated heterocycles. The molecule has 1 N–H and O–H groups in total. The third-order valence-corrected chi connectivity index (χ3v) is 4.49. The van der Waals surface area contributed by atoms with Crippen molar-refractivity contribution in [2.45, 2.75) is 12.1 Å². The molecule has 3 rings (SSSR count). The molecule has 9 nitrogen and oxygen atoms in total. The average molecular weight is 400 g/mol. The van der Waals surface area contributed by atoms with Gasteiger partial charge in [-0.15, -0.1) is 10.2 Å². The van der Waals surface area contributed by atoms with Crippen molar-refractivity contribution in [3.63, 3.8) is 0 Å². The first kappa shape index (κ1) is 19.4. The van der Waals surface area contributed by atoms with Gasteiger partial charge in [0, 0.05) is 11.6 Å². The van der Waals surface area contributed by atoms with Crippen molar-refractivity contribution >= 4 is 29.0 Å². The summed E-state index contributed by atoms with van der Waals surface area (Å²) in [7, 11) is 1.56. The minimum atomic E-state index is -0.534. The lowest BCUT2D eigenvalue weighted by atomic mass is 10.2. The fraction of sp³-hybridized carbons (Fsp3) is 0.167. The van der Waals surface area contributed by atoms with Gasteiger partial charge in [-0.05, 0) is 36.8 Å². The van der Waals surface area contributed by atoms with Crippen LogP contribution in [0.5, 0.6) is 5.75 Å². The highest BCUT2D eigenvalue weighted by atomic mass is 32.2. The molecule has 0 radical (unpaired) electrons. The summed E-state index contributed by atoms with van der Waals surface area (Å²) >= 11 is 1.04. The molecular formula is C18H16N4O5S. The molecule has 1 heterocycles. The molecule has 0 aliphatic rings. The molecule has 1 amide bonds. The van der Waals surface area contributed by atoms with Crippen LogP contribution in [0, 0.1) is 17.0 Å². The zero-order valence-electron chi connectivity index (χ0n) is 15.0. The largest absolute Gasteiger partial charge is 0.497 e. The molecule has 0 aliphatic heterocycles. The first-order valence-electron chi connectivity index (χ1n) is 8.12. The molecule has 0 bridgehead atoms. The van der Waals surface area contributed by atoms with Gasteiger partial charge in [-0.2, -0.15) is 0 Å². The van der Waals surface area contributed by atoms with E-state index in [0.717, 1.165) is 17.3 Å². The van der Waals surface area contributed by atoms with Gasteiger partial charge in [-0.3, -0.25) is 14.9 Å². The number of anilines is 1. The Balaban J connectivity index is 1.63. The summed E-state index contributed by atoms with van der Waals surface area (Å²) < 4.78 is 10.7. The van der Waals surface area contributed by atoms with E-state index in [1.807, 2.05) is 0 Å². The number of benzene rings is 2. The Bertz CT molecular complexity index is 1020. The Morgan fingerprint density at radius 1 is 1.29 bits per heavy atom. The second-order valence-corrected chi connectivity index (χ2v) is 6.65. The molecule has 0 aliphatic carbocycles. The van der Waals surface area contributed by atoms with E-state index in [1.165, 1.54) is 12.1 Å². The molecule has 144 valence electrons. The topological polar surface area (TPSA) is 120 Å². The van der Waals surface area contributed by atoms with Gasteiger partial charge in [-0.25, -0.2) is 0 Å². The number of nitrogens with one attached hydrogen (secondary N) is 1. The molecule has 0 fully saturated rings. The molecule has 2 aromatic carbocycles. The number of hydrogen-bond acceptors (Lipinski definition) is 8. The average Bonchev–Trinajstić information content (AvgIpc) is 3.17. The lowest BCUT2D eigenvalue weighted by molar-refractivity contribution is -0.384. The summed E-state index contributed by atoms with van der Waals surface area (Å²) in [5.41, 5.74) is 1.41. The zero-order valence-corrected chi connectivity index (χ0v) is 15.9. The van der Waals surface area contributed by atoms with Crippen LogP contribution in [0.1, 0.15) is 5.56 Å². The highest BCUT2D eigenvalue weighted by Gasteiger charge is 2.17. The van der Waals surface area contributed by atoms with Crippen LogP contribution in [0.3, 0.4) is 0 Å². The van der Waals surface area contributed by atoms with Gasteiger partial charge in [0.2, 0.25) is 11.8 Å². The van der Waals surface area contributed by atoms with Crippen molar-refractivity contribution < 1.29 is 18.9 Å². The van der Waals surface area contributed by atoms with E-state index in [-0.39, 0.29) is 22.4 Å².